The third-order valence-electron chi connectivity index (χ3n) is 6.35. The number of nitrogens with two attached hydrogens (primary N) is 1. The van der Waals surface area contributed by atoms with E-state index in [9.17, 15) is 13.2 Å². The topological polar surface area (TPSA) is 95.7 Å². The standard InChI is InChI=1S/C25H23NO5S/c1-16-5-6-17(11-21(16)18-3-2-4-20(13-18)32(26,28)29)12-24(27)25(9-10-25)19-7-8-22-23(14-19)31-15-30-22/h2-8,11,13-14H,9-10,12,15H2,1H3,(H2,26,28,29). The van der Waals surface area contributed by atoms with E-state index in [0.29, 0.717) is 17.9 Å². The van der Waals surface area contributed by atoms with Crippen molar-refractivity contribution in [1.82, 2.24) is 0 Å². The quantitative estimate of drug-likeness (QED) is 0.616. The first kappa shape index (κ1) is 20.7. The van der Waals surface area contributed by atoms with E-state index in [0.717, 1.165) is 40.7 Å². The molecule has 0 amide bonds. The lowest BCUT2D eigenvalue weighted by atomic mass is 9.87. The van der Waals surface area contributed by atoms with Gasteiger partial charge in [0.1, 0.15) is 5.78 Å². The van der Waals surface area contributed by atoms with Gasteiger partial charge < -0.3 is 9.47 Å². The second kappa shape index (κ2) is 7.46. The van der Waals surface area contributed by atoms with Crippen LogP contribution in [-0.4, -0.2) is 21.0 Å². The van der Waals surface area contributed by atoms with Gasteiger partial charge in [0.15, 0.2) is 11.5 Å². The second-order valence-corrected chi connectivity index (χ2v) is 10.0. The van der Waals surface area contributed by atoms with Crippen molar-refractivity contribution in [1.29, 1.82) is 0 Å². The van der Waals surface area contributed by atoms with E-state index < -0.39 is 15.4 Å². The van der Waals surface area contributed by atoms with Crippen molar-refractivity contribution in [3.8, 4) is 22.6 Å². The molecule has 32 heavy (non-hydrogen) atoms. The van der Waals surface area contributed by atoms with Crippen LogP contribution in [0.4, 0.5) is 0 Å². The molecule has 3 aromatic carbocycles. The summed E-state index contributed by atoms with van der Waals surface area (Å²) in [6.45, 7) is 2.16. The molecular formula is C25H23NO5S. The van der Waals surface area contributed by atoms with Crippen LogP contribution >= 0.6 is 0 Å². The Balaban J connectivity index is 1.43. The lowest BCUT2D eigenvalue weighted by Gasteiger charge is -2.16. The van der Waals surface area contributed by atoms with E-state index in [1.54, 1.807) is 12.1 Å². The Morgan fingerprint density at radius 1 is 1.00 bits per heavy atom. The number of hydrogen-bond donors (Lipinski definition) is 1. The van der Waals surface area contributed by atoms with Gasteiger partial charge in [-0.1, -0.05) is 36.4 Å². The molecule has 1 heterocycles. The fourth-order valence-electron chi connectivity index (χ4n) is 4.33. The third kappa shape index (κ3) is 3.67. The Bertz CT molecular complexity index is 1340. The van der Waals surface area contributed by atoms with Crippen LogP contribution in [-0.2, 0) is 26.7 Å². The summed E-state index contributed by atoms with van der Waals surface area (Å²) in [5, 5.41) is 5.29. The molecular weight excluding hydrogens is 426 g/mol. The molecule has 0 unspecified atom stereocenters. The summed E-state index contributed by atoms with van der Waals surface area (Å²) in [4.78, 5) is 13.4. The predicted molar refractivity (Wildman–Crippen MR) is 120 cm³/mol. The number of sulfonamides is 1. The Morgan fingerprint density at radius 3 is 2.53 bits per heavy atom. The molecule has 0 radical (unpaired) electrons. The maximum absolute atomic E-state index is 13.3. The first-order valence-corrected chi connectivity index (χ1v) is 12.0. The fourth-order valence-corrected chi connectivity index (χ4v) is 4.89. The number of benzene rings is 3. The highest BCUT2D eigenvalue weighted by Crippen LogP contribution is 2.51. The molecule has 0 bridgehead atoms. The highest BCUT2D eigenvalue weighted by atomic mass is 32.2. The molecule has 1 fully saturated rings. The Kier molecular flexibility index (Phi) is 4.83. The first-order chi connectivity index (χ1) is 15.3. The van der Waals surface area contributed by atoms with Crippen LogP contribution in [0.2, 0.25) is 0 Å². The summed E-state index contributed by atoms with van der Waals surface area (Å²) >= 11 is 0. The minimum Gasteiger partial charge on any atom is -0.454 e. The van der Waals surface area contributed by atoms with E-state index in [2.05, 4.69) is 0 Å². The summed E-state index contributed by atoms with van der Waals surface area (Å²) in [6.07, 6.45) is 1.94. The molecule has 1 aliphatic carbocycles. The maximum atomic E-state index is 13.3. The van der Waals surface area contributed by atoms with Gasteiger partial charge in [-0.15, -0.1) is 0 Å². The molecule has 6 nitrogen and oxygen atoms in total. The number of aryl methyl sites for hydroxylation is 1. The molecule has 0 atom stereocenters. The summed E-state index contributed by atoms with van der Waals surface area (Å²) in [5.41, 5.74) is 4.02. The van der Waals surface area contributed by atoms with Crippen molar-refractivity contribution in [3.63, 3.8) is 0 Å². The monoisotopic (exact) mass is 449 g/mol. The van der Waals surface area contributed by atoms with Crippen molar-refractivity contribution >= 4 is 15.8 Å². The molecule has 3 aromatic rings. The van der Waals surface area contributed by atoms with E-state index >= 15 is 0 Å². The van der Waals surface area contributed by atoms with E-state index in [1.165, 1.54) is 6.07 Å². The number of hydrogen-bond acceptors (Lipinski definition) is 5. The first-order valence-electron chi connectivity index (χ1n) is 10.4. The van der Waals surface area contributed by atoms with Crippen LogP contribution in [0.3, 0.4) is 0 Å². The number of carbonyl (C=O) groups is 1. The van der Waals surface area contributed by atoms with Gasteiger partial charge in [-0.25, -0.2) is 13.6 Å². The van der Waals surface area contributed by atoms with Crippen molar-refractivity contribution in [2.75, 3.05) is 6.79 Å². The fraction of sp³-hybridized carbons (Fsp3) is 0.240. The molecule has 0 saturated heterocycles. The normalized spacial score (nSPS) is 16.1. The average molecular weight is 450 g/mol. The third-order valence-corrected chi connectivity index (χ3v) is 7.26. The lowest BCUT2D eigenvalue weighted by Crippen LogP contribution is -2.22. The molecule has 0 spiro atoms. The van der Waals surface area contributed by atoms with Crippen molar-refractivity contribution in [2.24, 2.45) is 5.14 Å². The summed E-state index contributed by atoms with van der Waals surface area (Å²) < 4.78 is 34.4. The van der Waals surface area contributed by atoms with Crippen molar-refractivity contribution in [2.45, 2.75) is 36.5 Å². The molecule has 1 saturated carbocycles. The van der Waals surface area contributed by atoms with Gasteiger partial charge >= 0.3 is 0 Å². The molecule has 2 N–H and O–H groups in total. The molecule has 1 aliphatic heterocycles. The van der Waals surface area contributed by atoms with Gasteiger partial charge in [-0.2, -0.15) is 0 Å². The zero-order valence-corrected chi connectivity index (χ0v) is 18.4. The summed E-state index contributed by atoms with van der Waals surface area (Å²) in [7, 11) is -3.79. The minimum absolute atomic E-state index is 0.0654. The molecule has 0 aromatic heterocycles. The second-order valence-electron chi connectivity index (χ2n) is 8.47. The van der Waals surface area contributed by atoms with Gasteiger partial charge in [-0.3, -0.25) is 4.79 Å². The van der Waals surface area contributed by atoms with Gasteiger partial charge in [0, 0.05) is 6.42 Å². The highest BCUT2D eigenvalue weighted by molar-refractivity contribution is 7.89. The van der Waals surface area contributed by atoms with Crippen LogP contribution < -0.4 is 14.6 Å². The van der Waals surface area contributed by atoms with Gasteiger partial charge in [0.25, 0.3) is 0 Å². The van der Waals surface area contributed by atoms with E-state index in [-0.39, 0.29) is 17.5 Å². The van der Waals surface area contributed by atoms with Crippen LogP contribution in [0.15, 0.2) is 65.6 Å². The van der Waals surface area contributed by atoms with E-state index in [1.807, 2.05) is 49.4 Å². The van der Waals surface area contributed by atoms with Gasteiger partial charge in [0.2, 0.25) is 16.8 Å². The number of Topliss-reactive ketones (excluding diaryl/α,β-unsaturated/α-hetero) is 1. The smallest absolute Gasteiger partial charge is 0.238 e. The SMILES string of the molecule is Cc1ccc(CC(=O)C2(c3ccc4c(c3)OCO4)CC2)cc1-c1cccc(S(N)(=O)=O)c1. The largest absolute Gasteiger partial charge is 0.454 e. The number of carbonyl (C=O) groups excluding carboxylic acids is 1. The number of fused-ring (bicyclic) bond motifs is 1. The maximum Gasteiger partial charge on any atom is 0.238 e. The number of rotatable bonds is 6. The summed E-state index contributed by atoms with van der Waals surface area (Å²) in [6, 6.07) is 18.2. The van der Waals surface area contributed by atoms with Gasteiger partial charge in [-0.05, 0) is 71.8 Å². The lowest BCUT2D eigenvalue weighted by molar-refractivity contribution is -0.120. The van der Waals surface area contributed by atoms with Crippen LogP contribution in [0.25, 0.3) is 11.1 Å². The molecule has 164 valence electrons. The number of primary sulfonamides is 1. The van der Waals surface area contributed by atoms with Crippen LogP contribution in [0.1, 0.15) is 29.5 Å². The molecule has 5 rings (SSSR count). The summed E-state index contributed by atoms with van der Waals surface area (Å²) in [5.74, 6) is 1.57. The van der Waals surface area contributed by atoms with Crippen LogP contribution in [0.5, 0.6) is 11.5 Å². The zero-order chi connectivity index (χ0) is 22.5. The average Bonchev–Trinajstić information content (AvgIpc) is 3.45. The number of ether oxygens (including phenoxy) is 2. The van der Waals surface area contributed by atoms with Crippen LogP contribution in [0, 0.1) is 6.92 Å². The molecule has 7 heteroatoms. The zero-order valence-electron chi connectivity index (χ0n) is 17.6. The Morgan fingerprint density at radius 2 is 1.78 bits per heavy atom. The van der Waals surface area contributed by atoms with Crippen molar-refractivity contribution in [3.05, 3.63) is 77.4 Å². The highest BCUT2D eigenvalue weighted by Gasteiger charge is 2.50. The Labute approximate surface area is 187 Å². The predicted octanol–water partition coefficient (Wildman–Crippen LogP) is 3.88. The van der Waals surface area contributed by atoms with Crippen molar-refractivity contribution < 1.29 is 22.7 Å². The van der Waals surface area contributed by atoms with E-state index in [4.69, 9.17) is 14.6 Å². The Hall–Kier alpha value is -3.16. The molecule has 2 aliphatic rings. The number of ketones is 1. The minimum atomic E-state index is -3.79. The van der Waals surface area contributed by atoms with Gasteiger partial charge in [0.05, 0.1) is 10.3 Å².